The van der Waals surface area contributed by atoms with Crippen LogP contribution in [0.3, 0.4) is 0 Å². The molecule has 0 radical (unpaired) electrons. The van der Waals surface area contributed by atoms with Gasteiger partial charge in [0, 0.05) is 12.3 Å². The highest BCUT2D eigenvalue weighted by molar-refractivity contribution is 6.21. The third kappa shape index (κ3) is 7.84. The summed E-state index contributed by atoms with van der Waals surface area (Å²) in [5.41, 5.74) is 3.22. The van der Waals surface area contributed by atoms with Crippen LogP contribution in [0.1, 0.15) is 81.8 Å². The van der Waals surface area contributed by atoms with Crippen LogP contribution >= 0.6 is 0 Å². The number of ether oxygens (including phenoxy) is 4. The van der Waals surface area contributed by atoms with Crippen molar-refractivity contribution in [3.63, 3.8) is 0 Å². The monoisotopic (exact) mass is 790 g/mol. The fourth-order valence-corrected chi connectivity index (χ4v) is 7.62. The third-order valence-corrected chi connectivity index (χ3v) is 10.7. The van der Waals surface area contributed by atoms with Crippen molar-refractivity contribution in [1.82, 2.24) is 20.1 Å². The number of H-pyrrole nitrogens is 1. The Bertz CT molecular complexity index is 2280. The maximum atomic E-state index is 13.7. The molecule has 1 saturated heterocycles. The van der Waals surface area contributed by atoms with E-state index in [9.17, 15) is 24.3 Å². The Balaban J connectivity index is 1.20. The Morgan fingerprint density at radius 2 is 1.43 bits per heavy atom. The number of aryl methyl sites for hydroxylation is 1. The van der Waals surface area contributed by atoms with Gasteiger partial charge < -0.3 is 24.1 Å². The lowest BCUT2D eigenvalue weighted by Crippen LogP contribution is -2.49. The third-order valence-electron chi connectivity index (χ3n) is 10.7. The van der Waals surface area contributed by atoms with Gasteiger partial charge in [-0.15, -0.1) is 5.59 Å². The molecule has 1 aromatic heterocycles. The highest BCUT2D eigenvalue weighted by Crippen LogP contribution is 2.43. The van der Waals surface area contributed by atoms with Crippen LogP contribution in [-0.4, -0.2) is 70.6 Å². The SMILES string of the molecule is CCCCCCc1cccc2c1C(=O)N(NO[C@@H]1[C@H](O)[C@@H](COC(c3ccccc3)(c3ccc(OC)cc3)c3ccc(OC)cc3)O[C@H]1n1ccc(=O)[nH]c1=O)C2=O. The average molecular weight is 791 g/mol. The zero-order valence-electron chi connectivity index (χ0n) is 32.5. The molecule has 14 nitrogen and oxygen atoms in total. The van der Waals surface area contributed by atoms with Crippen LogP contribution in [0.2, 0.25) is 0 Å². The largest absolute Gasteiger partial charge is 0.497 e. The Hall–Kier alpha value is -5.90. The maximum absolute atomic E-state index is 13.7. The van der Waals surface area contributed by atoms with E-state index in [4.69, 9.17) is 23.8 Å². The number of hydrogen-bond donors (Lipinski definition) is 3. The lowest BCUT2D eigenvalue weighted by atomic mass is 9.80. The van der Waals surface area contributed by atoms with Gasteiger partial charge in [-0.2, -0.15) is 5.01 Å². The number of unbranched alkanes of at least 4 members (excludes halogenated alkanes) is 3. The summed E-state index contributed by atoms with van der Waals surface area (Å²) in [4.78, 5) is 60.7. The maximum Gasteiger partial charge on any atom is 0.330 e. The van der Waals surface area contributed by atoms with Crippen LogP contribution in [0.4, 0.5) is 0 Å². The highest BCUT2D eigenvalue weighted by Gasteiger charge is 2.49. The molecule has 3 N–H and O–H groups in total. The number of hydrogen-bond acceptors (Lipinski definition) is 11. The van der Waals surface area contributed by atoms with Crippen LogP contribution in [0.25, 0.3) is 0 Å². The van der Waals surface area contributed by atoms with Gasteiger partial charge in [-0.1, -0.05) is 92.9 Å². The van der Waals surface area contributed by atoms with Crippen LogP contribution in [0.15, 0.2) is 119 Å². The van der Waals surface area contributed by atoms with E-state index >= 15 is 0 Å². The number of aromatic amines is 1. The first-order valence-electron chi connectivity index (χ1n) is 19.3. The number of nitrogens with zero attached hydrogens (tertiary/aromatic N) is 2. The number of benzene rings is 4. The normalized spacial score (nSPS) is 19.1. The molecule has 0 spiro atoms. The summed E-state index contributed by atoms with van der Waals surface area (Å²) < 4.78 is 25.3. The van der Waals surface area contributed by atoms with Crippen molar-refractivity contribution in [2.45, 2.75) is 69.2 Å². The second-order valence-corrected chi connectivity index (χ2v) is 14.2. The zero-order chi connectivity index (χ0) is 40.8. The average Bonchev–Trinajstić information content (AvgIpc) is 3.69. The molecule has 0 unspecified atom stereocenters. The second kappa shape index (κ2) is 17.7. The summed E-state index contributed by atoms with van der Waals surface area (Å²) in [5.74, 6) is 0.0349. The molecular formula is C44H46N4O10. The molecule has 5 aromatic rings. The van der Waals surface area contributed by atoms with E-state index < -0.39 is 53.2 Å². The van der Waals surface area contributed by atoms with Gasteiger partial charge in [0.1, 0.15) is 29.3 Å². The Kier molecular flexibility index (Phi) is 12.3. The molecule has 2 amide bonds. The number of carbonyl (C=O) groups excluding carboxylic acids is 2. The topological polar surface area (TPSA) is 171 Å². The number of carbonyl (C=O) groups is 2. The van der Waals surface area contributed by atoms with Gasteiger partial charge in [-0.25, -0.2) is 4.79 Å². The zero-order valence-corrected chi connectivity index (χ0v) is 32.5. The predicted octanol–water partition coefficient (Wildman–Crippen LogP) is 5.04. The van der Waals surface area contributed by atoms with E-state index in [1.165, 1.54) is 6.20 Å². The van der Waals surface area contributed by atoms with E-state index in [1.54, 1.807) is 26.4 Å². The van der Waals surface area contributed by atoms with E-state index in [1.807, 2.05) is 84.9 Å². The number of aliphatic hydroxyl groups excluding tert-OH is 1. The number of hydrazine groups is 1. The number of methoxy groups -OCH3 is 2. The number of aromatic nitrogens is 2. The van der Waals surface area contributed by atoms with Crippen LogP contribution in [0, 0.1) is 0 Å². The number of fused-ring (bicyclic) bond motifs is 1. The van der Waals surface area contributed by atoms with Crippen LogP contribution in [-0.2, 0) is 26.3 Å². The Morgan fingerprint density at radius 3 is 2.05 bits per heavy atom. The smallest absolute Gasteiger partial charge is 0.330 e. The molecule has 3 heterocycles. The van der Waals surface area contributed by atoms with Gasteiger partial charge in [-0.3, -0.25) is 28.8 Å². The van der Waals surface area contributed by atoms with Gasteiger partial charge in [0.05, 0.1) is 32.0 Å². The van der Waals surface area contributed by atoms with Crippen molar-refractivity contribution in [3.8, 4) is 11.5 Å². The Labute approximate surface area is 334 Å². The summed E-state index contributed by atoms with van der Waals surface area (Å²) in [6.07, 6.45) is 0.440. The molecule has 1 fully saturated rings. The van der Waals surface area contributed by atoms with Crippen molar-refractivity contribution >= 4 is 11.8 Å². The summed E-state index contributed by atoms with van der Waals surface area (Å²) in [5, 5.41) is 12.7. The highest BCUT2D eigenvalue weighted by atomic mass is 16.7. The molecule has 4 atom stereocenters. The molecule has 0 saturated carbocycles. The molecular weight excluding hydrogens is 745 g/mol. The molecule has 4 aromatic carbocycles. The molecule has 0 bridgehead atoms. The number of amides is 2. The number of rotatable bonds is 17. The van der Waals surface area contributed by atoms with Crippen molar-refractivity contribution in [3.05, 3.63) is 164 Å². The number of nitrogens with one attached hydrogen (secondary N) is 2. The molecule has 302 valence electrons. The van der Waals surface area contributed by atoms with Crippen molar-refractivity contribution in [2.24, 2.45) is 0 Å². The molecule has 0 aliphatic carbocycles. The fourth-order valence-electron chi connectivity index (χ4n) is 7.62. The van der Waals surface area contributed by atoms with E-state index in [-0.39, 0.29) is 17.7 Å². The lowest BCUT2D eigenvalue weighted by molar-refractivity contribution is -0.148. The first-order chi connectivity index (χ1) is 28.2. The first-order valence-corrected chi connectivity index (χ1v) is 19.3. The van der Waals surface area contributed by atoms with Crippen molar-refractivity contribution < 1.29 is 38.5 Å². The van der Waals surface area contributed by atoms with E-state index in [2.05, 4.69) is 17.5 Å². The van der Waals surface area contributed by atoms with Gasteiger partial charge in [-0.05, 0) is 65.4 Å². The molecule has 2 aliphatic rings. The number of aliphatic hydroxyl groups is 1. The minimum Gasteiger partial charge on any atom is -0.497 e. The molecule has 14 heteroatoms. The lowest BCUT2D eigenvalue weighted by Gasteiger charge is -2.37. The van der Waals surface area contributed by atoms with Crippen molar-refractivity contribution in [1.29, 1.82) is 0 Å². The first kappa shape index (κ1) is 40.3. The van der Waals surface area contributed by atoms with Gasteiger partial charge in [0.25, 0.3) is 17.4 Å². The molecule has 2 aliphatic heterocycles. The predicted molar refractivity (Wildman–Crippen MR) is 212 cm³/mol. The van der Waals surface area contributed by atoms with Crippen LogP contribution < -0.4 is 26.3 Å². The summed E-state index contributed by atoms with van der Waals surface area (Å²) in [6, 6.07) is 30.7. The van der Waals surface area contributed by atoms with Crippen molar-refractivity contribution in [2.75, 3.05) is 20.8 Å². The minimum atomic E-state index is -1.50. The van der Waals surface area contributed by atoms with Gasteiger partial charge >= 0.3 is 5.69 Å². The quantitative estimate of drug-likeness (QED) is 0.0499. The van der Waals surface area contributed by atoms with Crippen LogP contribution in [0.5, 0.6) is 11.5 Å². The van der Waals surface area contributed by atoms with Gasteiger partial charge in [0.2, 0.25) is 0 Å². The summed E-state index contributed by atoms with van der Waals surface area (Å²) in [7, 11) is 3.16. The summed E-state index contributed by atoms with van der Waals surface area (Å²) >= 11 is 0. The van der Waals surface area contributed by atoms with Gasteiger partial charge in [0.15, 0.2) is 12.3 Å². The fraction of sp³-hybridized carbons (Fsp3) is 0.318. The molecule has 58 heavy (non-hydrogen) atoms. The van der Waals surface area contributed by atoms with E-state index in [0.717, 1.165) is 63.6 Å². The number of imide groups is 1. The summed E-state index contributed by atoms with van der Waals surface area (Å²) in [6.45, 7) is 1.87. The Morgan fingerprint density at radius 1 is 0.776 bits per heavy atom. The molecule has 7 rings (SSSR count). The standard InChI is InChI=1S/C44H46N4O10/c1-4-5-6-8-12-28-13-11-16-34-37(28)41(52)48(40(34)51)46-58-39-38(50)35(57-42(39)47-26-25-36(49)45-43(47)53)27-56-44(29-14-9-7-10-15-29,30-17-21-32(54-2)22-18-30)31-19-23-33(55-3)24-20-31/h7,9-11,13-26,35,38-39,42,46,50H,4-6,8,12,27H2,1-3H3,(H,45,49,53)/t35-,38-,39-,42-/m1/s1. The van der Waals surface area contributed by atoms with E-state index in [0.29, 0.717) is 17.9 Å². The minimum absolute atomic E-state index is 0.228. The second-order valence-electron chi connectivity index (χ2n) is 14.2.